The van der Waals surface area contributed by atoms with Gasteiger partial charge in [0.05, 0.1) is 12.2 Å². The molecule has 0 spiro atoms. The van der Waals surface area contributed by atoms with E-state index in [0.29, 0.717) is 23.7 Å². The lowest BCUT2D eigenvalue weighted by atomic mass is 9.70. The van der Waals surface area contributed by atoms with Gasteiger partial charge in [0.15, 0.2) is 0 Å². The number of aliphatic hydroxyl groups excluding tert-OH is 1. The first-order chi connectivity index (χ1) is 8.93. The van der Waals surface area contributed by atoms with Gasteiger partial charge in [0.25, 0.3) is 0 Å². The van der Waals surface area contributed by atoms with Crippen molar-refractivity contribution in [1.29, 1.82) is 0 Å². The van der Waals surface area contributed by atoms with E-state index in [1.807, 2.05) is 7.11 Å². The zero-order chi connectivity index (χ0) is 14.2. The molecule has 0 aromatic rings. The summed E-state index contributed by atoms with van der Waals surface area (Å²) in [6.07, 6.45) is 7.04. The average Bonchev–Trinajstić information content (AvgIpc) is 2.35. The second kappa shape index (κ2) is 5.80. The minimum atomic E-state index is -0.242. The van der Waals surface area contributed by atoms with E-state index in [2.05, 4.69) is 39.8 Å². The fourth-order valence-electron chi connectivity index (χ4n) is 4.03. The third-order valence-corrected chi connectivity index (χ3v) is 5.02. The van der Waals surface area contributed by atoms with Crippen molar-refractivity contribution < 1.29 is 9.84 Å². The summed E-state index contributed by atoms with van der Waals surface area (Å²) in [6.45, 7) is 8.70. The summed E-state index contributed by atoms with van der Waals surface area (Å²) >= 11 is 0. The van der Waals surface area contributed by atoms with Crippen LogP contribution in [0.4, 0.5) is 0 Å². The topological polar surface area (TPSA) is 29.5 Å². The zero-order valence-electron chi connectivity index (χ0n) is 12.9. The summed E-state index contributed by atoms with van der Waals surface area (Å²) in [5, 5.41) is 10.0. The van der Waals surface area contributed by atoms with E-state index in [9.17, 15) is 5.11 Å². The summed E-state index contributed by atoms with van der Waals surface area (Å²) in [5.41, 5.74) is 2.52. The van der Waals surface area contributed by atoms with Crippen LogP contribution in [0.1, 0.15) is 40.5 Å². The van der Waals surface area contributed by atoms with Gasteiger partial charge in [0.1, 0.15) is 0 Å². The molecule has 0 radical (unpaired) electrons. The Kier molecular flexibility index (Phi) is 4.52. The van der Waals surface area contributed by atoms with Crippen LogP contribution in [0, 0.1) is 23.7 Å². The van der Waals surface area contributed by atoms with E-state index in [4.69, 9.17) is 4.74 Å². The SMILES string of the molecule is COC1C(C)=C[C@@H](C2C=C(C)[C@H](O)C(C)C2)CC1C. The largest absolute Gasteiger partial charge is 0.388 e. The number of aliphatic hydroxyl groups is 1. The fourth-order valence-corrected chi connectivity index (χ4v) is 4.03. The highest BCUT2D eigenvalue weighted by atomic mass is 16.5. The monoisotopic (exact) mass is 264 g/mol. The molecule has 108 valence electrons. The molecule has 0 aliphatic heterocycles. The Balaban J connectivity index is 2.18. The molecule has 0 aromatic carbocycles. The van der Waals surface area contributed by atoms with Crippen molar-refractivity contribution in [2.75, 3.05) is 7.11 Å². The Morgan fingerprint density at radius 2 is 1.53 bits per heavy atom. The summed E-state index contributed by atoms with van der Waals surface area (Å²) in [7, 11) is 1.81. The molecule has 2 aliphatic rings. The minimum Gasteiger partial charge on any atom is -0.388 e. The normalized spacial score (nSPS) is 43.7. The van der Waals surface area contributed by atoms with Gasteiger partial charge in [-0.05, 0) is 61.5 Å². The molecule has 0 heterocycles. The number of allylic oxidation sites excluding steroid dienone is 2. The molecular weight excluding hydrogens is 236 g/mol. The van der Waals surface area contributed by atoms with Crippen molar-refractivity contribution in [3.8, 4) is 0 Å². The summed E-state index contributed by atoms with van der Waals surface area (Å²) in [5.74, 6) is 2.13. The minimum absolute atomic E-state index is 0.242. The Hall–Kier alpha value is -0.600. The van der Waals surface area contributed by atoms with E-state index in [1.165, 1.54) is 12.0 Å². The molecule has 0 amide bonds. The molecule has 0 saturated heterocycles. The van der Waals surface area contributed by atoms with Crippen LogP contribution in [0.3, 0.4) is 0 Å². The van der Waals surface area contributed by atoms with E-state index >= 15 is 0 Å². The van der Waals surface area contributed by atoms with Crippen LogP contribution < -0.4 is 0 Å². The van der Waals surface area contributed by atoms with Gasteiger partial charge in [-0.25, -0.2) is 0 Å². The quantitative estimate of drug-likeness (QED) is 0.773. The zero-order valence-corrected chi connectivity index (χ0v) is 12.9. The maximum Gasteiger partial charge on any atom is 0.0804 e. The van der Waals surface area contributed by atoms with Crippen LogP contribution in [0.5, 0.6) is 0 Å². The predicted molar refractivity (Wildman–Crippen MR) is 78.9 cm³/mol. The van der Waals surface area contributed by atoms with Crippen molar-refractivity contribution in [3.63, 3.8) is 0 Å². The molecule has 2 heteroatoms. The first-order valence-corrected chi connectivity index (χ1v) is 7.51. The van der Waals surface area contributed by atoms with E-state index in [0.717, 1.165) is 12.0 Å². The van der Waals surface area contributed by atoms with Crippen LogP contribution in [0.25, 0.3) is 0 Å². The molecule has 0 aromatic heterocycles. The van der Waals surface area contributed by atoms with Crippen LogP contribution >= 0.6 is 0 Å². The molecule has 6 atom stereocenters. The van der Waals surface area contributed by atoms with Gasteiger partial charge < -0.3 is 9.84 Å². The van der Waals surface area contributed by atoms with Crippen LogP contribution in [0.2, 0.25) is 0 Å². The number of methoxy groups -OCH3 is 1. The predicted octanol–water partition coefficient (Wildman–Crippen LogP) is 3.57. The number of hydrogen-bond donors (Lipinski definition) is 1. The number of ether oxygens (including phenoxy) is 1. The molecule has 2 nitrogen and oxygen atoms in total. The average molecular weight is 264 g/mol. The lowest BCUT2D eigenvalue weighted by Crippen LogP contribution is -2.34. The van der Waals surface area contributed by atoms with E-state index < -0.39 is 0 Å². The van der Waals surface area contributed by atoms with Crippen molar-refractivity contribution in [3.05, 3.63) is 23.3 Å². The smallest absolute Gasteiger partial charge is 0.0804 e. The third-order valence-electron chi connectivity index (χ3n) is 5.02. The van der Waals surface area contributed by atoms with Gasteiger partial charge >= 0.3 is 0 Å². The molecular formula is C17H28O2. The van der Waals surface area contributed by atoms with Crippen molar-refractivity contribution in [2.24, 2.45) is 23.7 Å². The van der Waals surface area contributed by atoms with Crippen molar-refractivity contribution in [1.82, 2.24) is 0 Å². The Morgan fingerprint density at radius 3 is 2.00 bits per heavy atom. The molecule has 0 bridgehead atoms. The van der Waals surface area contributed by atoms with Crippen LogP contribution in [-0.4, -0.2) is 24.4 Å². The van der Waals surface area contributed by atoms with Gasteiger partial charge in [-0.2, -0.15) is 0 Å². The molecule has 19 heavy (non-hydrogen) atoms. The number of rotatable bonds is 2. The Bertz CT molecular complexity index is 383. The number of hydrogen-bond acceptors (Lipinski definition) is 2. The maximum atomic E-state index is 10.0. The first kappa shape index (κ1) is 14.8. The molecule has 0 fully saturated rings. The van der Waals surface area contributed by atoms with Gasteiger partial charge in [-0.1, -0.05) is 26.0 Å². The van der Waals surface area contributed by atoms with E-state index in [1.54, 1.807) is 0 Å². The molecule has 4 unspecified atom stereocenters. The third kappa shape index (κ3) is 2.95. The van der Waals surface area contributed by atoms with Crippen molar-refractivity contribution >= 4 is 0 Å². The highest BCUT2D eigenvalue weighted by Crippen LogP contribution is 2.40. The second-order valence-corrected chi connectivity index (χ2v) is 6.68. The fraction of sp³-hybridized carbons (Fsp3) is 0.765. The molecule has 2 rings (SSSR count). The van der Waals surface area contributed by atoms with Crippen LogP contribution in [-0.2, 0) is 4.74 Å². The summed E-state index contributed by atoms with van der Waals surface area (Å²) < 4.78 is 5.59. The van der Waals surface area contributed by atoms with E-state index in [-0.39, 0.29) is 12.2 Å². The summed E-state index contributed by atoms with van der Waals surface area (Å²) in [6, 6.07) is 0. The Labute approximate surface area is 117 Å². The molecule has 0 saturated carbocycles. The Morgan fingerprint density at radius 1 is 1.00 bits per heavy atom. The van der Waals surface area contributed by atoms with Gasteiger partial charge in [-0.15, -0.1) is 0 Å². The highest BCUT2D eigenvalue weighted by molar-refractivity contribution is 5.20. The van der Waals surface area contributed by atoms with Crippen LogP contribution in [0.15, 0.2) is 23.3 Å². The second-order valence-electron chi connectivity index (χ2n) is 6.68. The lowest BCUT2D eigenvalue weighted by molar-refractivity contribution is 0.0618. The molecule has 1 N–H and O–H groups in total. The summed E-state index contributed by atoms with van der Waals surface area (Å²) in [4.78, 5) is 0. The van der Waals surface area contributed by atoms with Gasteiger partial charge in [-0.3, -0.25) is 0 Å². The first-order valence-electron chi connectivity index (χ1n) is 7.51. The van der Waals surface area contributed by atoms with Gasteiger partial charge in [0.2, 0.25) is 0 Å². The standard InChI is InChI=1S/C17H28O2/c1-10-6-14(7-11(2)16(10)18)15-8-12(3)17(19-5)13(4)9-15/h6,8,11,13-18H,7,9H2,1-5H3/t11?,13?,14?,15-,16+,17?/m1/s1. The maximum absolute atomic E-state index is 10.0. The lowest BCUT2D eigenvalue weighted by Gasteiger charge is -2.38. The van der Waals surface area contributed by atoms with Crippen molar-refractivity contribution in [2.45, 2.75) is 52.7 Å². The molecule has 2 aliphatic carbocycles. The highest BCUT2D eigenvalue weighted by Gasteiger charge is 2.34. The van der Waals surface area contributed by atoms with Gasteiger partial charge in [0, 0.05) is 7.11 Å².